The molecule has 0 aliphatic rings. The molecular weight excluding hydrogens is 431 g/mol. The van der Waals surface area contributed by atoms with E-state index in [1.165, 1.54) is 37.3 Å². The molecule has 1 amide bonds. The van der Waals surface area contributed by atoms with Crippen LogP contribution in [0.1, 0.15) is 27.6 Å². The van der Waals surface area contributed by atoms with Crippen LogP contribution in [0.3, 0.4) is 0 Å². The van der Waals surface area contributed by atoms with Crippen LogP contribution < -0.4 is 10.0 Å². The summed E-state index contributed by atoms with van der Waals surface area (Å²) in [4.78, 5) is 23.4. The molecule has 0 saturated heterocycles. The molecular formula is C21H16ClFN2O4S. The van der Waals surface area contributed by atoms with Gasteiger partial charge in [-0.3, -0.25) is 14.3 Å². The van der Waals surface area contributed by atoms with E-state index in [1.807, 2.05) is 0 Å². The Balaban J connectivity index is 1.81. The van der Waals surface area contributed by atoms with Gasteiger partial charge in [-0.25, -0.2) is 12.8 Å². The normalized spacial score (nSPS) is 11.0. The second-order valence-corrected chi connectivity index (χ2v) is 8.47. The van der Waals surface area contributed by atoms with Gasteiger partial charge in [0.15, 0.2) is 5.78 Å². The first kappa shape index (κ1) is 21.5. The van der Waals surface area contributed by atoms with Crippen LogP contribution in [0.2, 0.25) is 5.02 Å². The number of carbonyl (C=O) groups is 2. The van der Waals surface area contributed by atoms with Crippen LogP contribution in [-0.2, 0) is 10.0 Å². The molecule has 2 N–H and O–H groups in total. The minimum atomic E-state index is -4.11. The molecule has 0 saturated carbocycles. The van der Waals surface area contributed by atoms with Crippen molar-refractivity contribution in [3.63, 3.8) is 0 Å². The average Bonchev–Trinajstić information content (AvgIpc) is 2.69. The van der Waals surface area contributed by atoms with E-state index in [2.05, 4.69) is 10.0 Å². The van der Waals surface area contributed by atoms with E-state index >= 15 is 0 Å². The van der Waals surface area contributed by atoms with Gasteiger partial charge in [-0.05, 0) is 55.5 Å². The number of rotatable bonds is 6. The fourth-order valence-electron chi connectivity index (χ4n) is 2.60. The average molecular weight is 447 g/mol. The number of ketones is 1. The Hall–Kier alpha value is -3.23. The zero-order chi connectivity index (χ0) is 21.9. The van der Waals surface area contributed by atoms with Crippen molar-refractivity contribution in [2.24, 2.45) is 0 Å². The lowest BCUT2D eigenvalue weighted by atomic mass is 10.1. The van der Waals surface area contributed by atoms with Gasteiger partial charge in [0.25, 0.3) is 15.9 Å². The first-order chi connectivity index (χ1) is 14.2. The molecule has 0 aliphatic heterocycles. The largest absolute Gasteiger partial charge is 0.319 e. The highest BCUT2D eigenvalue weighted by atomic mass is 35.5. The molecule has 0 spiro atoms. The Morgan fingerprint density at radius 3 is 2.30 bits per heavy atom. The molecule has 0 radical (unpaired) electrons. The third-order valence-corrected chi connectivity index (χ3v) is 5.72. The number of halogens is 2. The summed E-state index contributed by atoms with van der Waals surface area (Å²) in [7, 11) is -4.11. The maximum atomic E-state index is 14.5. The molecule has 3 aromatic rings. The van der Waals surface area contributed by atoms with Gasteiger partial charge in [-0.2, -0.15) is 0 Å². The van der Waals surface area contributed by atoms with Gasteiger partial charge in [0.1, 0.15) is 5.82 Å². The minimum absolute atomic E-state index is 0.168. The molecule has 0 bridgehead atoms. The number of hydrogen-bond donors (Lipinski definition) is 2. The molecule has 3 rings (SSSR count). The van der Waals surface area contributed by atoms with Gasteiger partial charge in [0.05, 0.1) is 10.6 Å². The number of amides is 1. The van der Waals surface area contributed by atoms with Crippen LogP contribution in [0.25, 0.3) is 0 Å². The van der Waals surface area contributed by atoms with E-state index in [1.54, 1.807) is 18.2 Å². The Bertz CT molecular complexity index is 1250. The summed E-state index contributed by atoms with van der Waals surface area (Å²) < 4.78 is 41.9. The van der Waals surface area contributed by atoms with Gasteiger partial charge in [0, 0.05) is 21.8 Å². The maximum Gasteiger partial charge on any atom is 0.261 e. The first-order valence-corrected chi connectivity index (χ1v) is 10.5. The Kier molecular flexibility index (Phi) is 6.19. The Labute approximate surface area is 177 Å². The van der Waals surface area contributed by atoms with E-state index < -0.39 is 21.7 Å². The minimum Gasteiger partial charge on any atom is -0.319 e. The van der Waals surface area contributed by atoms with Gasteiger partial charge >= 0.3 is 0 Å². The molecule has 3 aromatic carbocycles. The van der Waals surface area contributed by atoms with Crippen molar-refractivity contribution in [2.45, 2.75) is 11.8 Å². The van der Waals surface area contributed by atoms with Crippen molar-refractivity contribution >= 4 is 44.7 Å². The van der Waals surface area contributed by atoms with Crippen molar-refractivity contribution in [3.8, 4) is 0 Å². The maximum absolute atomic E-state index is 14.5. The lowest BCUT2D eigenvalue weighted by molar-refractivity contribution is 0.101. The van der Waals surface area contributed by atoms with E-state index in [4.69, 9.17) is 11.6 Å². The SMILES string of the molecule is CC(=O)c1cccc(NS(=O)(=O)c2ccc(NC(=O)c3cccc(Cl)c3)c(F)c2)c1. The van der Waals surface area contributed by atoms with Crippen molar-refractivity contribution in [1.29, 1.82) is 0 Å². The number of anilines is 2. The highest BCUT2D eigenvalue weighted by molar-refractivity contribution is 7.92. The quantitative estimate of drug-likeness (QED) is 0.535. The van der Waals surface area contributed by atoms with E-state index in [0.29, 0.717) is 10.6 Å². The molecule has 6 nitrogen and oxygen atoms in total. The third-order valence-electron chi connectivity index (χ3n) is 4.11. The number of sulfonamides is 1. The third kappa shape index (κ3) is 5.03. The molecule has 0 unspecified atom stereocenters. The topological polar surface area (TPSA) is 92.3 Å². The van der Waals surface area contributed by atoms with Crippen LogP contribution in [0.5, 0.6) is 0 Å². The number of hydrogen-bond acceptors (Lipinski definition) is 4. The monoisotopic (exact) mass is 446 g/mol. The lowest BCUT2D eigenvalue weighted by Crippen LogP contribution is -2.15. The zero-order valence-corrected chi connectivity index (χ0v) is 17.2. The van der Waals surface area contributed by atoms with Crippen LogP contribution in [0.4, 0.5) is 15.8 Å². The van der Waals surface area contributed by atoms with E-state index in [9.17, 15) is 22.4 Å². The number of benzene rings is 3. The van der Waals surface area contributed by atoms with Gasteiger partial charge < -0.3 is 5.32 Å². The fourth-order valence-corrected chi connectivity index (χ4v) is 3.86. The summed E-state index contributed by atoms with van der Waals surface area (Å²) in [5.41, 5.74) is 0.546. The predicted octanol–water partition coefficient (Wildman–Crippen LogP) is 4.73. The number of Topliss-reactive ketones (excluding diaryl/α,β-unsaturated/α-hetero) is 1. The summed E-state index contributed by atoms with van der Waals surface area (Å²) in [5, 5.41) is 2.73. The summed E-state index contributed by atoms with van der Waals surface area (Å²) in [5.74, 6) is -1.74. The summed E-state index contributed by atoms with van der Waals surface area (Å²) in [6.07, 6.45) is 0. The summed E-state index contributed by atoms with van der Waals surface area (Å²) in [6, 6.07) is 15.2. The molecule has 0 fully saturated rings. The second-order valence-electron chi connectivity index (χ2n) is 6.35. The van der Waals surface area contributed by atoms with Crippen LogP contribution >= 0.6 is 11.6 Å². The molecule has 0 aliphatic carbocycles. The molecule has 0 heterocycles. The standard InChI is InChI=1S/C21H16ClFN2O4S/c1-13(26)14-4-3-7-17(11-14)25-30(28,29)18-8-9-20(19(23)12-18)24-21(27)15-5-2-6-16(22)10-15/h2-12,25H,1H3,(H,24,27). The highest BCUT2D eigenvalue weighted by Crippen LogP contribution is 2.23. The van der Waals surface area contributed by atoms with E-state index in [-0.39, 0.29) is 27.6 Å². The van der Waals surface area contributed by atoms with E-state index in [0.717, 1.165) is 18.2 Å². The van der Waals surface area contributed by atoms with Crippen LogP contribution in [0, 0.1) is 5.82 Å². The fraction of sp³-hybridized carbons (Fsp3) is 0.0476. The molecule has 30 heavy (non-hydrogen) atoms. The lowest BCUT2D eigenvalue weighted by Gasteiger charge is -2.11. The van der Waals surface area contributed by atoms with Crippen molar-refractivity contribution < 1.29 is 22.4 Å². The Morgan fingerprint density at radius 2 is 1.63 bits per heavy atom. The highest BCUT2D eigenvalue weighted by Gasteiger charge is 2.18. The number of nitrogens with one attached hydrogen (secondary N) is 2. The zero-order valence-electron chi connectivity index (χ0n) is 15.6. The van der Waals surface area contributed by atoms with Crippen molar-refractivity contribution in [2.75, 3.05) is 10.0 Å². The van der Waals surface area contributed by atoms with Gasteiger partial charge in [-0.15, -0.1) is 0 Å². The van der Waals surface area contributed by atoms with Gasteiger partial charge in [0.2, 0.25) is 0 Å². The van der Waals surface area contributed by atoms with Gasteiger partial charge in [-0.1, -0.05) is 29.8 Å². The summed E-state index contributed by atoms with van der Waals surface area (Å²) in [6.45, 7) is 1.36. The second kappa shape index (κ2) is 8.64. The Morgan fingerprint density at radius 1 is 0.933 bits per heavy atom. The molecule has 9 heteroatoms. The predicted molar refractivity (Wildman–Crippen MR) is 113 cm³/mol. The molecule has 0 aromatic heterocycles. The molecule has 154 valence electrons. The smallest absolute Gasteiger partial charge is 0.261 e. The van der Waals surface area contributed by atoms with Crippen LogP contribution in [-0.4, -0.2) is 20.1 Å². The molecule has 0 atom stereocenters. The van der Waals surface area contributed by atoms with Crippen LogP contribution in [0.15, 0.2) is 71.6 Å². The van der Waals surface area contributed by atoms with Crippen molar-refractivity contribution in [1.82, 2.24) is 0 Å². The number of carbonyl (C=O) groups excluding carboxylic acids is 2. The van der Waals surface area contributed by atoms with Crippen molar-refractivity contribution in [3.05, 3.63) is 88.7 Å². The first-order valence-electron chi connectivity index (χ1n) is 8.66. The summed E-state index contributed by atoms with van der Waals surface area (Å²) >= 11 is 5.84.